The lowest BCUT2D eigenvalue weighted by Crippen LogP contribution is -2.48. The van der Waals surface area contributed by atoms with Gasteiger partial charge in [-0.1, -0.05) is 25.2 Å². The molecule has 0 amide bonds. The Morgan fingerprint density at radius 1 is 1.30 bits per heavy atom. The van der Waals surface area contributed by atoms with Crippen LogP contribution in [0.3, 0.4) is 0 Å². The maximum atomic E-state index is 12.1. The lowest BCUT2D eigenvalue weighted by molar-refractivity contribution is 0.106. The SMILES string of the molecule is CCc1cc(=O)n2nc(N3CCN(C[C@@H](O)CC)CC3)sc2n1. The maximum absolute atomic E-state index is 12.1. The first-order chi connectivity index (χ1) is 11.1. The molecule has 23 heavy (non-hydrogen) atoms. The second kappa shape index (κ2) is 6.94. The largest absolute Gasteiger partial charge is 0.392 e. The number of anilines is 1. The van der Waals surface area contributed by atoms with E-state index in [0.29, 0.717) is 4.96 Å². The van der Waals surface area contributed by atoms with Crippen molar-refractivity contribution in [3.05, 3.63) is 22.1 Å². The number of rotatable bonds is 5. The lowest BCUT2D eigenvalue weighted by Gasteiger charge is -2.35. The minimum Gasteiger partial charge on any atom is -0.392 e. The van der Waals surface area contributed by atoms with E-state index in [4.69, 9.17) is 0 Å². The Morgan fingerprint density at radius 2 is 2.04 bits per heavy atom. The van der Waals surface area contributed by atoms with Gasteiger partial charge in [0.1, 0.15) is 0 Å². The van der Waals surface area contributed by atoms with E-state index < -0.39 is 0 Å². The van der Waals surface area contributed by atoms with Crippen LogP contribution in [0.4, 0.5) is 5.13 Å². The second-order valence-electron chi connectivity index (χ2n) is 5.87. The zero-order valence-corrected chi connectivity index (χ0v) is 14.4. The standard InChI is InChI=1S/C15H23N5O2S/c1-3-11-9-13(22)20-14(16-11)23-15(17-20)19-7-5-18(6-8-19)10-12(21)4-2/h9,12,21H,3-8,10H2,1-2H3/t12-/m0/s1. The highest BCUT2D eigenvalue weighted by Crippen LogP contribution is 2.22. The van der Waals surface area contributed by atoms with Crippen LogP contribution in [-0.4, -0.2) is 63.4 Å². The molecule has 0 radical (unpaired) electrons. The van der Waals surface area contributed by atoms with Gasteiger partial charge in [0.15, 0.2) is 0 Å². The Labute approximate surface area is 139 Å². The fourth-order valence-corrected chi connectivity index (χ4v) is 3.68. The number of aliphatic hydroxyl groups excluding tert-OH is 1. The van der Waals surface area contributed by atoms with Crippen LogP contribution in [-0.2, 0) is 6.42 Å². The molecule has 0 saturated carbocycles. The van der Waals surface area contributed by atoms with Crippen molar-refractivity contribution in [2.75, 3.05) is 37.6 Å². The Bertz CT molecular complexity index is 720. The van der Waals surface area contributed by atoms with Gasteiger partial charge < -0.3 is 10.0 Å². The van der Waals surface area contributed by atoms with Crippen molar-refractivity contribution in [3.8, 4) is 0 Å². The number of piperazine rings is 1. The molecule has 8 heteroatoms. The van der Waals surface area contributed by atoms with Crippen molar-refractivity contribution in [1.29, 1.82) is 0 Å². The summed E-state index contributed by atoms with van der Waals surface area (Å²) >= 11 is 1.47. The van der Waals surface area contributed by atoms with E-state index in [9.17, 15) is 9.90 Å². The minimum absolute atomic E-state index is 0.112. The Hall–Kier alpha value is -1.51. The Kier molecular flexibility index (Phi) is 4.93. The van der Waals surface area contributed by atoms with Crippen molar-refractivity contribution in [3.63, 3.8) is 0 Å². The summed E-state index contributed by atoms with van der Waals surface area (Å²) in [6.45, 7) is 8.22. The molecule has 3 heterocycles. The summed E-state index contributed by atoms with van der Waals surface area (Å²) in [6.07, 6.45) is 1.28. The molecule has 0 bridgehead atoms. The molecule has 7 nitrogen and oxygen atoms in total. The molecule has 1 N–H and O–H groups in total. The highest BCUT2D eigenvalue weighted by Gasteiger charge is 2.21. The van der Waals surface area contributed by atoms with Crippen LogP contribution in [0.15, 0.2) is 10.9 Å². The predicted octanol–water partition coefficient (Wildman–Crippen LogP) is 0.606. The number of β-amino-alcohol motifs (C(OH)–C–C–N with tert-alkyl or cyclic N) is 1. The van der Waals surface area contributed by atoms with Gasteiger partial charge >= 0.3 is 0 Å². The van der Waals surface area contributed by atoms with E-state index in [1.54, 1.807) is 6.07 Å². The molecular weight excluding hydrogens is 314 g/mol. The third kappa shape index (κ3) is 3.54. The predicted molar refractivity (Wildman–Crippen MR) is 91.5 cm³/mol. The van der Waals surface area contributed by atoms with Crippen LogP contribution in [0, 0.1) is 0 Å². The summed E-state index contributed by atoms with van der Waals surface area (Å²) in [5.74, 6) is 0. The maximum Gasteiger partial charge on any atom is 0.275 e. The van der Waals surface area contributed by atoms with Crippen LogP contribution in [0.5, 0.6) is 0 Å². The number of aliphatic hydroxyl groups is 1. The van der Waals surface area contributed by atoms with Gasteiger partial charge in [-0.25, -0.2) is 4.98 Å². The van der Waals surface area contributed by atoms with E-state index in [0.717, 1.165) is 56.4 Å². The van der Waals surface area contributed by atoms with Crippen molar-refractivity contribution < 1.29 is 5.11 Å². The quantitative estimate of drug-likeness (QED) is 0.862. The van der Waals surface area contributed by atoms with Gasteiger partial charge in [0.2, 0.25) is 10.1 Å². The molecule has 126 valence electrons. The summed E-state index contributed by atoms with van der Waals surface area (Å²) in [5.41, 5.74) is 0.697. The van der Waals surface area contributed by atoms with Crippen molar-refractivity contribution in [2.45, 2.75) is 32.8 Å². The van der Waals surface area contributed by atoms with Gasteiger partial charge in [0, 0.05) is 44.5 Å². The molecule has 0 aliphatic carbocycles. The molecule has 1 fully saturated rings. The van der Waals surface area contributed by atoms with Gasteiger partial charge in [-0.15, -0.1) is 5.10 Å². The Morgan fingerprint density at radius 3 is 2.70 bits per heavy atom. The highest BCUT2D eigenvalue weighted by atomic mass is 32.1. The molecule has 2 aromatic heterocycles. The molecule has 0 aromatic carbocycles. The molecule has 1 aliphatic heterocycles. The van der Waals surface area contributed by atoms with Crippen LogP contribution in [0.25, 0.3) is 4.96 Å². The summed E-state index contributed by atoms with van der Waals surface area (Å²) in [5, 5.41) is 15.0. The van der Waals surface area contributed by atoms with Gasteiger partial charge in [0.05, 0.1) is 6.10 Å². The van der Waals surface area contributed by atoms with E-state index >= 15 is 0 Å². The topological polar surface area (TPSA) is 74.0 Å². The molecule has 1 atom stereocenters. The van der Waals surface area contributed by atoms with Gasteiger partial charge in [-0.3, -0.25) is 9.69 Å². The summed E-state index contributed by atoms with van der Waals surface area (Å²) in [6, 6.07) is 1.56. The van der Waals surface area contributed by atoms with Crippen molar-refractivity contribution in [2.24, 2.45) is 0 Å². The molecule has 2 aromatic rings. The van der Waals surface area contributed by atoms with Crippen LogP contribution >= 0.6 is 11.3 Å². The minimum atomic E-state index is -0.251. The molecule has 1 saturated heterocycles. The van der Waals surface area contributed by atoms with Gasteiger partial charge in [-0.05, 0) is 12.8 Å². The number of aryl methyl sites for hydroxylation is 1. The first-order valence-corrected chi connectivity index (χ1v) is 8.97. The van der Waals surface area contributed by atoms with Gasteiger partial charge in [0.25, 0.3) is 5.56 Å². The van der Waals surface area contributed by atoms with Crippen LogP contribution in [0.2, 0.25) is 0 Å². The van der Waals surface area contributed by atoms with E-state index in [2.05, 4.69) is 19.9 Å². The number of fused-ring (bicyclic) bond motifs is 1. The fraction of sp³-hybridized carbons (Fsp3) is 0.667. The zero-order valence-electron chi connectivity index (χ0n) is 13.6. The average molecular weight is 337 g/mol. The molecule has 3 rings (SSSR count). The fourth-order valence-electron chi connectivity index (χ4n) is 2.70. The molecule has 1 aliphatic rings. The molecule has 0 spiro atoms. The molecular formula is C15H23N5O2S. The van der Waals surface area contributed by atoms with Crippen LogP contribution in [0.1, 0.15) is 26.0 Å². The third-order valence-electron chi connectivity index (χ3n) is 4.23. The van der Waals surface area contributed by atoms with E-state index in [1.807, 2.05) is 13.8 Å². The summed E-state index contributed by atoms with van der Waals surface area (Å²) < 4.78 is 1.40. The third-order valence-corrected chi connectivity index (χ3v) is 5.20. The first-order valence-electron chi connectivity index (χ1n) is 8.15. The Balaban J connectivity index is 1.72. The number of nitrogens with zero attached hydrogens (tertiary/aromatic N) is 5. The number of hydrogen-bond acceptors (Lipinski definition) is 7. The number of aromatic nitrogens is 3. The second-order valence-corrected chi connectivity index (χ2v) is 6.80. The average Bonchev–Trinajstić information content (AvgIpc) is 3.00. The number of hydrogen-bond donors (Lipinski definition) is 1. The summed E-state index contributed by atoms with van der Waals surface area (Å²) in [4.78, 5) is 21.7. The monoisotopic (exact) mass is 337 g/mol. The molecule has 0 unspecified atom stereocenters. The van der Waals surface area contributed by atoms with Crippen molar-refractivity contribution in [1.82, 2.24) is 19.5 Å². The van der Waals surface area contributed by atoms with E-state index in [1.165, 1.54) is 15.9 Å². The van der Waals surface area contributed by atoms with Crippen LogP contribution < -0.4 is 10.5 Å². The first kappa shape index (κ1) is 16.4. The smallest absolute Gasteiger partial charge is 0.275 e. The van der Waals surface area contributed by atoms with E-state index in [-0.39, 0.29) is 11.7 Å². The summed E-state index contributed by atoms with van der Waals surface area (Å²) in [7, 11) is 0. The van der Waals surface area contributed by atoms with Gasteiger partial charge in [-0.2, -0.15) is 4.52 Å². The zero-order chi connectivity index (χ0) is 16.4. The highest BCUT2D eigenvalue weighted by molar-refractivity contribution is 7.20. The van der Waals surface area contributed by atoms with Crippen molar-refractivity contribution >= 4 is 21.4 Å². The normalized spacial score (nSPS) is 17.8. The lowest BCUT2D eigenvalue weighted by atomic mass is 10.2.